The van der Waals surface area contributed by atoms with Crippen LogP contribution in [0.2, 0.25) is 0 Å². The quantitative estimate of drug-likeness (QED) is 0.584. The summed E-state index contributed by atoms with van der Waals surface area (Å²) >= 11 is -0.556. The van der Waals surface area contributed by atoms with Crippen LogP contribution in [0.1, 0.15) is 6.42 Å². The second kappa shape index (κ2) is 7.88. The molecular weight excluding hydrogens is 203 g/mol. The standard InChI is InChI=1S/C7H9.2ClH.Ti/c1-2-7-5-3-4-6-7;;;/h3-7H,1-2H2;2*1H;/q;;;+2/p-2. The third-order valence-corrected chi connectivity index (χ3v) is 1.16. The predicted molar refractivity (Wildman–Crippen MR) is 43.5 cm³/mol. The first-order valence-electron chi connectivity index (χ1n) is 2.95. The minimum atomic E-state index is -0.556. The van der Waals surface area contributed by atoms with Gasteiger partial charge in [-0.25, -0.2) is 0 Å². The summed E-state index contributed by atoms with van der Waals surface area (Å²) in [6, 6.07) is 0. The molecule has 0 aromatic carbocycles. The van der Waals surface area contributed by atoms with Crippen molar-refractivity contribution in [2.75, 3.05) is 0 Å². The van der Waals surface area contributed by atoms with E-state index in [-0.39, 0.29) is 0 Å². The summed E-state index contributed by atoms with van der Waals surface area (Å²) in [6.45, 7) is 3.77. The normalized spacial score (nSPS) is 14.7. The Morgan fingerprint density at radius 3 is 1.90 bits per heavy atom. The molecule has 0 aliphatic heterocycles. The molecule has 55 valence electrons. The number of halogens is 2. The van der Waals surface area contributed by atoms with E-state index in [1.54, 1.807) is 0 Å². The second-order valence-electron chi connectivity index (χ2n) is 1.79. The monoisotopic (exact) mass is 211 g/mol. The Bertz CT molecular complexity index is 109. The van der Waals surface area contributed by atoms with E-state index >= 15 is 0 Å². The van der Waals surface area contributed by atoms with E-state index < -0.39 is 17.0 Å². The van der Waals surface area contributed by atoms with Crippen molar-refractivity contribution in [3.63, 3.8) is 0 Å². The first kappa shape index (κ1) is 10.8. The molecule has 0 fully saturated rings. The summed E-state index contributed by atoms with van der Waals surface area (Å²) in [7, 11) is 9.78. The van der Waals surface area contributed by atoms with E-state index in [2.05, 4.69) is 31.2 Å². The Hall–Kier alpha value is 0.774. The molecule has 1 rings (SSSR count). The van der Waals surface area contributed by atoms with Crippen molar-refractivity contribution in [2.24, 2.45) is 5.92 Å². The van der Waals surface area contributed by atoms with Crippen molar-refractivity contribution in [3.05, 3.63) is 31.2 Å². The van der Waals surface area contributed by atoms with Gasteiger partial charge in [0.1, 0.15) is 0 Å². The van der Waals surface area contributed by atoms with Gasteiger partial charge in [0.05, 0.1) is 0 Å². The SMILES string of the molecule is [CH2]CC1C=CC=C1.[Cl][Ti][Cl]. The van der Waals surface area contributed by atoms with Crippen LogP contribution in [-0.4, -0.2) is 0 Å². The molecule has 0 aromatic heterocycles. The molecule has 0 atom stereocenters. The third kappa shape index (κ3) is 5.55. The van der Waals surface area contributed by atoms with Crippen LogP contribution in [0.15, 0.2) is 24.3 Å². The number of hydrogen-bond donors (Lipinski definition) is 0. The van der Waals surface area contributed by atoms with E-state index in [4.69, 9.17) is 18.6 Å². The van der Waals surface area contributed by atoms with E-state index in [1.807, 2.05) is 0 Å². The Morgan fingerprint density at radius 1 is 1.30 bits per heavy atom. The fourth-order valence-electron chi connectivity index (χ4n) is 0.670. The molecule has 0 unspecified atom stereocenters. The van der Waals surface area contributed by atoms with Gasteiger partial charge in [0.15, 0.2) is 0 Å². The van der Waals surface area contributed by atoms with Crippen LogP contribution in [0, 0.1) is 12.8 Å². The maximum absolute atomic E-state index is 4.89. The summed E-state index contributed by atoms with van der Waals surface area (Å²) in [5.74, 6) is 0.625. The zero-order chi connectivity index (χ0) is 7.82. The Kier molecular flexibility index (Phi) is 8.49. The second-order valence-corrected chi connectivity index (χ2v) is 4.37. The van der Waals surface area contributed by atoms with Crippen LogP contribution < -0.4 is 0 Å². The number of hydrogen-bond acceptors (Lipinski definition) is 0. The average Bonchev–Trinajstić information content (AvgIpc) is 2.39. The van der Waals surface area contributed by atoms with Crippen LogP contribution in [0.5, 0.6) is 0 Å². The number of rotatable bonds is 1. The van der Waals surface area contributed by atoms with Gasteiger partial charge in [-0.15, -0.1) is 0 Å². The molecule has 1 radical (unpaired) electrons. The van der Waals surface area contributed by atoms with Gasteiger partial charge in [-0.05, 0) is 12.3 Å². The van der Waals surface area contributed by atoms with Crippen molar-refractivity contribution in [2.45, 2.75) is 6.42 Å². The van der Waals surface area contributed by atoms with Gasteiger partial charge in [0.25, 0.3) is 0 Å². The molecule has 0 amide bonds. The van der Waals surface area contributed by atoms with Gasteiger partial charge in [-0.2, -0.15) is 0 Å². The van der Waals surface area contributed by atoms with Crippen LogP contribution >= 0.6 is 18.6 Å². The van der Waals surface area contributed by atoms with Gasteiger partial charge < -0.3 is 0 Å². The zero-order valence-corrected chi connectivity index (χ0v) is 8.63. The molecule has 0 nitrogen and oxygen atoms in total. The van der Waals surface area contributed by atoms with Crippen molar-refractivity contribution in [1.82, 2.24) is 0 Å². The molecule has 0 bridgehead atoms. The summed E-state index contributed by atoms with van der Waals surface area (Å²) < 4.78 is 0. The minimum absolute atomic E-state index is 0.556. The molecule has 0 N–H and O–H groups in total. The molecule has 3 heteroatoms. The molecule has 10 heavy (non-hydrogen) atoms. The summed E-state index contributed by atoms with van der Waals surface area (Å²) in [6.07, 6.45) is 9.44. The van der Waals surface area contributed by atoms with Gasteiger partial charge in [0, 0.05) is 0 Å². The number of allylic oxidation sites excluding steroid dienone is 4. The van der Waals surface area contributed by atoms with Crippen LogP contribution in [0.3, 0.4) is 0 Å². The van der Waals surface area contributed by atoms with E-state index in [0.29, 0.717) is 5.92 Å². The van der Waals surface area contributed by atoms with Gasteiger partial charge >= 0.3 is 35.6 Å². The molecule has 0 saturated carbocycles. The fourth-order valence-corrected chi connectivity index (χ4v) is 0.670. The molecule has 0 heterocycles. The average molecular weight is 212 g/mol. The Morgan fingerprint density at radius 2 is 1.70 bits per heavy atom. The van der Waals surface area contributed by atoms with E-state index in [0.717, 1.165) is 6.42 Å². The third-order valence-electron chi connectivity index (χ3n) is 1.16. The fraction of sp³-hybridized carbons (Fsp3) is 0.286. The van der Waals surface area contributed by atoms with Crippen molar-refractivity contribution < 1.29 is 17.0 Å². The molecule has 0 saturated heterocycles. The molecular formula is C7H9Cl2Ti. The van der Waals surface area contributed by atoms with Gasteiger partial charge in [0.2, 0.25) is 0 Å². The Labute approximate surface area is 79.0 Å². The molecule has 1 aliphatic rings. The zero-order valence-electron chi connectivity index (χ0n) is 5.56. The Balaban J connectivity index is 0.000000236. The van der Waals surface area contributed by atoms with Gasteiger partial charge in [-0.1, -0.05) is 31.2 Å². The predicted octanol–water partition coefficient (Wildman–Crippen LogP) is 3.33. The van der Waals surface area contributed by atoms with Crippen molar-refractivity contribution in [1.29, 1.82) is 0 Å². The summed E-state index contributed by atoms with van der Waals surface area (Å²) in [5.41, 5.74) is 0. The van der Waals surface area contributed by atoms with Gasteiger partial charge in [-0.3, -0.25) is 0 Å². The van der Waals surface area contributed by atoms with Crippen LogP contribution in [0.25, 0.3) is 0 Å². The first-order valence-corrected chi connectivity index (χ1v) is 7.25. The van der Waals surface area contributed by atoms with Crippen molar-refractivity contribution in [3.8, 4) is 0 Å². The summed E-state index contributed by atoms with van der Waals surface area (Å²) in [5, 5.41) is 0. The van der Waals surface area contributed by atoms with Crippen LogP contribution in [0.4, 0.5) is 0 Å². The maximum atomic E-state index is 4.89. The van der Waals surface area contributed by atoms with Crippen molar-refractivity contribution >= 4 is 18.6 Å². The molecule has 0 aromatic rings. The molecule has 1 aliphatic carbocycles. The molecule has 0 spiro atoms. The van der Waals surface area contributed by atoms with E-state index in [9.17, 15) is 0 Å². The van der Waals surface area contributed by atoms with Crippen LogP contribution in [-0.2, 0) is 17.0 Å². The van der Waals surface area contributed by atoms with E-state index in [1.165, 1.54) is 0 Å². The topological polar surface area (TPSA) is 0 Å². The first-order chi connectivity index (χ1) is 4.85. The summed E-state index contributed by atoms with van der Waals surface area (Å²) in [4.78, 5) is 0.